The maximum atomic E-state index is 14.0. The van der Waals surface area contributed by atoms with Gasteiger partial charge in [-0.15, -0.1) is 0 Å². The molecule has 0 unspecified atom stereocenters. The Labute approximate surface area is 189 Å². The summed E-state index contributed by atoms with van der Waals surface area (Å²) in [6.45, 7) is 0. The first kappa shape index (κ1) is 19.1. The van der Waals surface area contributed by atoms with Crippen LogP contribution in [0.1, 0.15) is 36.6 Å². The highest BCUT2D eigenvalue weighted by atomic mass is 16.1. The van der Waals surface area contributed by atoms with Crippen molar-refractivity contribution in [3.63, 3.8) is 0 Å². The van der Waals surface area contributed by atoms with Gasteiger partial charge in [0.15, 0.2) is 17.3 Å². The molecule has 1 N–H and O–H groups in total. The van der Waals surface area contributed by atoms with Gasteiger partial charge in [0.1, 0.15) is 0 Å². The number of aromatic nitrogens is 1. The van der Waals surface area contributed by atoms with Crippen LogP contribution in [0.15, 0.2) is 97.1 Å². The van der Waals surface area contributed by atoms with Gasteiger partial charge in [0.05, 0.1) is 11.1 Å². The Morgan fingerprint density at radius 3 is 1.97 bits per heavy atom. The van der Waals surface area contributed by atoms with E-state index < -0.39 is 0 Å². The van der Waals surface area contributed by atoms with Crippen LogP contribution in [0, 0.1) is 0 Å². The fraction of sp³-hybridized carbons (Fsp3) is 0. The average molecular weight is 427 g/mol. The molecule has 0 spiro atoms. The summed E-state index contributed by atoms with van der Waals surface area (Å²) < 4.78 is 0. The van der Waals surface area contributed by atoms with Crippen LogP contribution < -0.4 is 0 Å². The lowest BCUT2D eigenvalue weighted by molar-refractivity contribution is 0.0985. The van der Waals surface area contributed by atoms with Crippen molar-refractivity contribution in [2.24, 2.45) is 0 Å². The number of fused-ring (bicyclic) bond motifs is 5. The standard InChI is InChI=1S/C29H17NO3/c31-21-15-16-22(32)26-25(21)27(29(33)18-11-5-2-6-12-18)23(17-9-3-1-4-10-17)24-19-13-7-8-14-20(19)30-28(24)26/h1-16,30H. The van der Waals surface area contributed by atoms with E-state index in [2.05, 4.69) is 4.98 Å². The Balaban J connectivity index is 1.88. The summed E-state index contributed by atoms with van der Waals surface area (Å²) in [4.78, 5) is 43.7. The van der Waals surface area contributed by atoms with Crippen LogP contribution in [-0.4, -0.2) is 22.3 Å². The zero-order valence-corrected chi connectivity index (χ0v) is 17.5. The second-order valence-corrected chi connectivity index (χ2v) is 8.04. The summed E-state index contributed by atoms with van der Waals surface area (Å²) in [6.07, 6.45) is 2.55. The van der Waals surface area contributed by atoms with Crippen LogP contribution in [0.25, 0.3) is 32.9 Å². The molecule has 0 fully saturated rings. The lowest BCUT2D eigenvalue weighted by Gasteiger charge is -2.20. The van der Waals surface area contributed by atoms with Gasteiger partial charge in [0, 0.05) is 38.5 Å². The van der Waals surface area contributed by atoms with Gasteiger partial charge < -0.3 is 4.98 Å². The Morgan fingerprint density at radius 1 is 0.636 bits per heavy atom. The van der Waals surface area contributed by atoms with Crippen LogP contribution in [-0.2, 0) is 0 Å². The third-order valence-electron chi connectivity index (χ3n) is 6.16. The number of hydrogen-bond acceptors (Lipinski definition) is 3. The second-order valence-electron chi connectivity index (χ2n) is 8.04. The van der Waals surface area contributed by atoms with E-state index >= 15 is 0 Å². The molecule has 1 aliphatic rings. The third kappa shape index (κ3) is 2.81. The monoisotopic (exact) mass is 427 g/mol. The molecule has 0 saturated heterocycles. The van der Waals surface area contributed by atoms with E-state index in [4.69, 9.17) is 0 Å². The zero-order valence-electron chi connectivity index (χ0n) is 17.5. The highest BCUT2D eigenvalue weighted by Gasteiger charge is 2.33. The highest BCUT2D eigenvalue weighted by molar-refractivity contribution is 6.36. The first-order valence-electron chi connectivity index (χ1n) is 10.7. The van der Waals surface area contributed by atoms with Crippen LogP contribution >= 0.6 is 0 Å². The van der Waals surface area contributed by atoms with E-state index in [9.17, 15) is 14.4 Å². The molecule has 1 aliphatic carbocycles. The van der Waals surface area contributed by atoms with Crippen molar-refractivity contribution in [2.45, 2.75) is 0 Å². The van der Waals surface area contributed by atoms with Crippen molar-refractivity contribution in [1.82, 2.24) is 4.98 Å². The van der Waals surface area contributed by atoms with E-state index in [1.807, 2.05) is 60.7 Å². The normalized spacial score (nSPS) is 13.0. The Morgan fingerprint density at radius 2 is 1.24 bits per heavy atom. The quantitative estimate of drug-likeness (QED) is 0.351. The number of H-pyrrole nitrogens is 1. The van der Waals surface area contributed by atoms with Gasteiger partial charge in [-0.25, -0.2) is 0 Å². The predicted octanol–water partition coefficient (Wildman–Crippen LogP) is 6.15. The molecular formula is C29H17NO3. The molecule has 4 heteroatoms. The highest BCUT2D eigenvalue weighted by Crippen LogP contribution is 2.43. The van der Waals surface area contributed by atoms with Crippen LogP contribution in [0.2, 0.25) is 0 Å². The summed E-state index contributed by atoms with van der Waals surface area (Å²) in [6, 6.07) is 26.2. The number of para-hydroxylation sites is 1. The summed E-state index contributed by atoms with van der Waals surface area (Å²) in [5.41, 5.74) is 4.04. The van der Waals surface area contributed by atoms with E-state index in [1.54, 1.807) is 24.3 Å². The minimum atomic E-state index is -0.346. The van der Waals surface area contributed by atoms with E-state index in [0.717, 1.165) is 21.9 Å². The Kier molecular flexibility index (Phi) is 4.20. The zero-order chi connectivity index (χ0) is 22.5. The van der Waals surface area contributed by atoms with E-state index in [1.165, 1.54) is 12.2 Å². The molecule has 4 aromatic carbocycles. The van der Waals surface area contributed by atoms with Crippen LogP contribution in [0.3, 0.4) is 0 Å². The van der Waals surface area contributed by atoms with Gasteiger partial charge >= 0.3 is 0 Å². The maximum Gasteiger partial charge on any atom is 0.194 e. The van der Waals surface area contributed by atoms with E-state index in [0.29, 0.717) is 16.6 Å². The molecule has 0 atom stereocenters. The smallest absolute Gasteiger partial charge is 0.194 e. The van der Waals surface area contributed by atoms with Gasteiger partial charge in [-0.3, -0.25) is 14.4 Å². The number of allylic oxidation sites excluding steroid dienone is 2. The molecule has 0 aliphatic heterocycles. The SMILES string of the molecule is O=C1C=CC(=O)c2c1c(C(=O)c1ccccc1)c(-c1ccccc1)c1c2[nH]c2ccccc21. The molecule has 6 rings (SSSR count). The van der Waals surface area contributed by atoms with Gasteiger partial charge in [0.25, 0.3) is 0 Å². The third-order valence-corrected chi connectivity index (χ3v) is 6.16. The lowest BCUT2D eigenvalue weighted by Crippen LogP contribution is -2.19. The first-order valence-corrected chi connectivity index (χ1v) is 10.7. The number of carbonyl (C=O) groups excluding carboxylic acids is 3. The van der Waals surface area contributed by atoms with Crippen molar-refractivity contribution in [1.29, 1.82) is 0 Å². The Bertz CT molecular complexity index is 1640. The molecule has 5 aromatic rings. The van der Waals surface area contributed by atoms with Gasteiger partial charge in [-0.05, 0) is 23.8 Å². The van der Waals surface area contributed by atoms with Crippen molar-refractivity contribution in [3.8, 4) is 11.1 Å². The predicted molar refractivity (Wildman–Crippen MR) is 129 cm³/mol. The van der Waals surface area contributed by atoms with Crippen LogP contribution in [0.5, 0.6) is 0 Å². The maximum absolute atomic E-state index is 14.0. The van der Waals surface area contributed by atoms with Gasteiger partial charge in [-0.2, -0.15) is 0 Å². The lowest BCUT2D eigenvalue weighted by atomic mass is 9.80. The largest absolute Gasteiger partial charge is 0.354 e. The van der Waals surface area contributed by atoms with Crippen molar-refractivity contribution in [2.75, 3.05) is 0 Å². The molecule has 33 heavy (non-hydrogen) atoms. The number of nitrogens with one attached hydrogen (secondary N) is 1. The summed E-state index contributed by atoms with van der Waals surface area (Å²) in [7, 11) is 0. The molecule has 0 saturated carbocycles. The molecule has 156 valence electrons. The number of benzene rings is 4. The topological polar surface area (TPSA) is 67.0 Å². The molecule has 0 radical (unpaired) electrons. The molecule has 1 heterocycles. The number of carbonyl (C=O) groups is 3. The minimum Gasteiger partial charge on any atom is -0.354 e. The minimum absolute atomic E-state index is 0.161. The van der Waals surface area contributed by atoms with Gasteiger partial charge in [0.2, 0.25) is 0 Å². The first-order chi connectivity index (χ1) is 16.1. The summed E-state index contributed by atoms with van der Waals surface area (Å²) in [5, 5.41) is 1.66. The summed E-state index contributed by atoms with van der Waals surface area (Å²) in [5.74, 6) is -0.918. The molecule has 0 amide bonds. The summed E-state index contributed by atoms with van der Waals surface area (Å²) >= 11 is 0. The van der Waals surface area contributed by atoms with Crippen LogP contribution in [0.4, 0.5) is 0 Å². The number of aromatic amines is 1. The molecular weight excluding hydrogens is 410 g/mol. The molecule has 0 bridgehead atoms. The number of ketones is 3. The van der Waals surface area contributed by atoms with Crippen molar-refractivity contribution >= 4 is 39.2 Å². The molecule has 1 aromatic heterocycles. The number of hydrogen-bond donors (Lipinski definition) is 1. The van der Waals surface area contributed by atoms with E-state index in [-0.39, 0.29) is 34.0 Å². The van der Waals surface area contributed by atoms with Gasteiger partial charge in [-0.1, -0.05) is 78.9 Å². The van der Waals surface area contributed by atoms with Crippen molar-refractivity contribution in [3.05, 3.63) is 119 Å². The fourth-order valence-electron chi connectivity index (χ4n) is 4.75. The Hall–Kier alpha value is -4.57. The van der Waals surface area contributed by atoms with Crippen molar-refractivity contribution < 1.29 is 14.4 Å². The number of rotatable bonds is 3. The fourth-order valence-corrected chi connectivity index (χ4v) is 4.75. The second kappa shape index (κ2) is 7.24. The molecule has 4 nitrogen and oxygen atoms in total. The average Bonchev–Trinajstić information content (AvgIpc) is 3.25.